The zero-order chi connectivity index (χ0) is 14.8. The summed E-state index contributed by atoms with van der Waals surface area (Å²) in [5, 5.41) is 14.4. The van der Waals surface area contributed by atoms with Crippen LogP contribution in [0.2, 0.25) is 0 Å². The van der Waals surface area contributed by atoms with Gasteiger partial charge in [-0.2, -0.15) is 0 Å². The molecule has 0 aliphatic heterocycles. The minimum absolute atomic E-state index is 0.0694. The Hall–Kier alpha value is -1.31. The second-order valence-electron chi connectivity index (χ2n) is 5.42. The molecule has 0 bridgehead atoms. The van der Waals surface area contributed by atoms with Crippen molar-refractivity contribution in [2.75, 3.05) is 6.26 Å². The molecule has 110 valence electrons. The first-order chi connectivity index (χ1) is 8.61. The fraction of sp³-hybridized carbons (Fsp3) is 0.818. The third kappa shape index (κ3) is 3.17. The lowest BCUT2D eigenvalue weighted by atomic mass is 10.0. The maximum absolute atomic E-state index is 12.1. The van der Waals surface area contributed by atoms with Gasteiger partial charge in [0.1, 0.15) is 10.6 Å². The summed E-state index contributed by atoms with van der Waals surface area (Å²) in [6.07, 6.45) is 3.26. The van der Waals surface area contributed by atoms with Gasteiger partial charge in [0, 0.05) is 18.2 Å². The molecule has 2 unspecified atom stereocenters. The SMILES string of the molecule is CC(C)(C(=O)NC1CCCC1C(N)=NO)S(C)(=O)=O. The number of hydrogen-bond acceptors (Lipinski definition) is 5. The number of oxime groups is 1. The maximum atomic E-state index is 12.1. The van der Waals surface area contributed by atoms with Crippen molar-refractivity contribution in [1.82, 2.24) is 5.32 Å². The molecule has 7 nitrogen and oxygen atoms in total. The molecule has 1 fully saturated rings. The summed E-state index contributed by atoms with van der Waals surface area (Å²) < 4.78 is 21.7. The number of carbonyl (C=O) groups is 1. The quantitative estimate of drug-likeness (QED) is 0.287. The van der Waals surface area contributed by atoms with E-state index in [-0.39, 0.29) is 17.8 Å². The van der Waals surface area contributed by atoms with Gasteiger partial charge in [0.15, 0.2) is 9.84 Å². The van der Waals surface area contributed by atoms with Crippen LogP contribution in [0.15, 0.2) is 5.16 Å². The molecule has 1 amide bonds. The molecule has 1 aliphatic rings. The van der Waals surface area contributed by atoms with Gasteiger partial charge < -0.3 is 16.3 Å². The molecule has 0 aromatic carbocycles. The van der Waals surface area contributed by atoms with Crippen molar-refractivity contribution >= 4 is 21.6 Å². The number of amidine groups is 1. The highest BCUT2D eigenvalue weighted by Crippen LogP contribution is 2.27. The van der Waals surface area contributed by atoms with Gasteiger partial charge in [-0.05, 0) is 26.7 Å². The molecule has 0 heterocycles. The highest BCUT2D eigenvalue weighted by atomic mass is 32.2. The number of rotatable bonds is 4. The molecule has 0 aromatic rings. The fourth-order valence-corrected chi connectivity index (χ4v) is 2.47. The number of amides is 1. The van der Waals surface area contributed by atoms with Crippen LogP contribution in [0.4, 0.5) is 0 Å². The first-order valence-electron chi connectivity index (χ1n) is 6.09. The third-order valence-electron chi connectivity index (χ3n) is 3.80. The van der Waals surface area contributed by atoms with Crippen molar-refractivity contribution in [3.05, 3.63) is 0 Å². The molecule has 8 heteroatoms. The van der Waals surface area contributed by atoms with Gasteiger partial charge in [-0.25, -0.2) is 8.42 Å². The van der Waals surface area contributed by atoms with Gasteiger partial charge in [-0.1, -0.05) is 11.6 Å². The zero-order valence-electron chi connectivity index (χ0n) is 11.4. The van der Waals surface area contributed by atoms with E-state index >= 15 is 0 Å². The normalized spacial score (nSPS) is 25.3. The molecule has 2 atom stereocenters. The van der Waals surface area contributed by atoms with Crippen LogP contribution in [0.3, 0.4) is 0 Å². The lowest BCUT2D eigenvalue weighted by molar-refractivity contribution is -0.123. The molecule has 0 saturated heterocycles. The number of nitrogens with zero attached hydrogens (tertiary/aromatic N) is 1. The van der Waals surface area contributed by atoms with Crippen LogP contribution in [-0.4, -0.2) is 42.4 Å². The summed E-state index contributed by atoms with van der Waals surface area (Å²) in [6, 6.07) is -0.288. The van der Waals surface area contributed by atoms with E-state index in [1.165, 1.54) is 13.8 Å². The number of hydrogen-bond donors (Lipinski definition) is 3. The number of nitrogens with one attached hydrogen (secondary N) is 1. The van der Waals surface area contributed by atoms with E-state index in [9.17, 15) is 13.2 Å². The number of carbonyl (C=O) groups excluding carboxylic acids is 1. The number of nitrogens with two attached hydrogens (primary N) is 1. The van der Waals surface area contributed by atoms with Crippen molar-refractivity contribution in [2.45, 2.75) is 43.9 Å². The topological polar surface area (TPSA) is 122 Å². The minimum Gasteiger partial charge on any atom is -0.409 e. The smallest absolute Gasteiger partial charge is 0.241 e. The molecule has 19 heavy (non-hydrogen) atoms. The largest absolute Gasteiger partial charge is 0.409 e. The van der Waals surface area contributed by atoms with Crippen LogP contribution >= 0.6 is 0 Å². The summed E-state index contributed by atoms with van der Waals surface area (Å²) in [5.41, 5.74) is 5.57. The highest BCUT2D eigenvalue weighted by molar-refractivity contribution is 7.92. The van der Waals surface area contributed by atoms with Gasteiger partial charge in [0.2, 0.25) is 5.91 Å². The summed E-state index contributed by atoms with van der Waals surface area (Å²) in [4.78, 5) is 12.1. The van der Waals surface area contributed by atoms with E-state index in [0.717, 1.165) is 12.7 Å². The Labute approximate surface area is 113 Å². The Bertz CT molecular complexity index is 484. The monoisotopic (exact) mass is 291 g/mol. The molecular weight excluding hydrogens is 270 g/mol. The summed E-state index contributed by atoms with van der Waals surface area (Å²) >= 11 is 0. The highest BCUT2D eigenvalue weighted by Gasteiger charge is 2.41. The molecule has 0 radical (unpaired) electrons. The van der Waals surface area contributed by atoms with Crippen LogP contribution in [0.25, 0.3) is 0 Å². The summed E-state index contributed by atoms with van der Waals surface area (Å²) in [6.45, 7) is 2.73. The average Bonchev–Trinajstić information content (AvgIpc) is 2.74. The van der Waals surface area contributed by atoms with Crippen molar-refractivity contribution in [1.29, 1.82) is 0 Å². The Morgan fingerprint density at radius 2 is 2.00 bits per heavy atom. The Kier molecular flexibility index (Phi) is 4.44. The molecule has 0 aromatic heterocycles. The molecule has 4 N–H and O–H groups in total. The van der Waals surface area contributed by atoms with Crippen molar-refractivity contribution in [3.63, 3.8) is 0 Å². The zero-order valence-corrected chi connectivity index (χ0v) is 12.2. The van der Waals surface area contributed by atoms with E-state index in [1.807, 2.05) is 0 Å². The lowest BCUT2D eigenvalue weighted by Crippen LogP contribution is -2.52. The van der Waals surface area contributed by atoms with Gasteiger partial charge in [0.05, 0.1) is 0 Å². The second-order valence-corrected chi connectivity index (χ2v) is 7.99. The van der Waals surface area contributed by atoms with E-state index in [1.54, 1.807) is 0 Å². The molecule has 1 rings (SSSR count). The predicted molar refractivity (Wildman–Crippen MR) is 71.6 cm³/mol. The van der Waals surface area contributed by atoms with Gasteiger partial charge in [-0.3, -0.25) is 4.79 Å². The van der Waals surface area contributed by atoms with Gasteiger partial charge in [0.25, 0.3) is 0 Å². The van der Waals surface area contributed by atoms with Crippen molar-refractivity contribution < 1.29 is 18.4 Å². The predicted octanol–water partition coefficient (Wildman–Crippen LogP) is -0.159. The van der Waals surface area contributed by atoms with Gasteiger partial charge in [-0.15, -0.1) is 0 Å². The minimum atomic E-state index is -3.51. The van der Waals surface area contributed by atoms with Crippen LogP contribution in [0.5, 0.6) is 0 Å². The second kappa shape index (κ2) is 5.36. The fourth-order valence-electron chi connectivity index (χ4n) is 2.07. The van der Waals surface area contributed by atoms with Crippen LogP contribution in [-0.2, 0) is 14.6 Å². The van der Waals surface area contributed by atoms with E-state index in [2.05, 4.69) is 10.5 Å². The average molecular weight is 291 g/mol. The molecular formula is C11H21N3O4S. The summed E-state index contributed by atoms with van der Waals surface area (Å²) in [7, 11) is -3.51. The Balaban J connectivity index is 2.83. The molecule has 0 spiro atoms. The molecule has 1 aliphatic carbocycles. The lowest BCUT2D eigenvalue weighted by Gasteiger charge is -2.26. The Morgan fingerprint density at radius 3 is 2.47 bits per heavy atom. The first kappa shape index (κ1) is 15.7. The number of sulfone groups is 1. The van der Waals surface area contributed by atoms with Crippen LogP contribution in [0, 0.1) is 5.92 Å². The van der Waals surface area contributed by atoms with E-state index in [4.69, 9.17) is 10.9 Å². The van der Waals surface area contributed by atoms with Crippen LogP contribution in [0.1, 0.15) is 33.1 Å². The maximum Gasteiger partial charge on any atom is 0.241 e. The Morgan fingerprint density at radius 1 is 1.42 bits per heavy atom. The van der Waals surface area contributed by atoms with E-state index < -0.39 is 20.5 Å². The van der Waals surface area contributed by atoms with Gasteiger partial charge >= 0.3 is 0 Å². The first-order valence-corrected chi connectivity index (χ1v) is 7.98. The van der Waals surface area contributed by atoms with Crippen molar-refractivity contribution in [2.24, 2.45) is 16.8 Å². The van der Waals surface area contributed by atoms with E-state index in [0.29, 0.717) is 12.8 Å². The standard InChI is InChI=1S/C11H21N3O4S/c1-11(2,19(3,17)18)10(15)13-8-6-4-5-7(8)9(12)14-16/h7-8,16H,4-6H2,1-3H3,(H2,12,14)(H,13,15). The molecule has 1 saturated carbocycles. The van der Waals surface area contributed by atoms with Crippen molar-refractivity contribution in [3.8, 4) is 0 Å². The van der Waals surface area contributed by atoms with Crippen LogP contribution < -0.4 is 11.1 Å². The third-order valence-corrected chi connectivity index (χ3v) is 5.84. The summed E-state index contributed by atoms with van der Waals surface area (Å²) in [5.74, 6) is -0.734.